The van der Waals surface area contributed by atoms with Crippen molar-refractivity contribution < 1.29 is 17.6 Å². The first-order valence-corrected chi connectivity index (χ1v) is 10.3. The highest BCUT2D eigenvalue weighted by Gasteiger charge is 2.20. The van der Waals surface area contributed by atoms with Crippen LogP contribution in [0, 0.1) is 5.21 Å². The molecular weight excluding hydrogens is 378 g/mol. The van der Waals surface area contributed by atoms with Gasteiger partial charge < -0.3 is 9.62 Å². The fraction of sp³-hybridized carbons (Fsp3) is 0.0476. The maximum absolute atomic E-state index is 13.2. The van der Waals surface area contributed by atoms with E-state index in [2.05, 4.69) is 0 Å². The van der Waals surface area contributed by atoms with Crippen LogP contribution >= 0.6 is 0 Å². The minimum atomic E-state index is -3.35. The van der Waals surface area contributed by atoms with E-state index in [-0.39, 0.29) is 21.6 Å². The van der Waals surface area contributed by atoms with Crippen molar-refractivity contribution >= 4 is 20.8 Å². The molecule has 0 unspecified atom stereocenters. The lowest BCUT2D eigenvalue weighted by molar-refractivity contribution is -0.604. The van der Waals surface area contributed by atoms with Gasteiger partial charge >= 0.3 is 0 Å². The van der Waals surface area contributed by atoms with Gasteiger partial charge in [0, 0.05) is 17.9 Å². The van der Waals surface area contributed by atoms with Crippen molar-refractivity contribution in [2.24, 2.45) is 0 Å². The normalized spacial score (nSPS) is 11.6. The van der Waals surface area contributed by atoms with Crippen molar-refractivity contribution in [3.05, 3.63) is 88.5 Å². The van der Waals surface area contributed by atoms with Crippen LogP contribution in [0.15, 0.2) is 87.2 Å². The van der Waals surface area contributed by atoms with Gasteiger partial charge in [0.15, 0.2) is 22.2 Å². The first-order valence-electron chi connectivity index (χ1n) is 8.40. The molecular formula is C21H15NO5S. The summed E-state index contributed by atoms with van der Waals surface area (Å²) in [6, 6.07) is 16.1. The molecule has 2 aromatic carbocycles. The molecule has 0 spiro atoms. The van der Waals surface area contributed by atoms with Crippen molar-refractivity contribution in [3.63, 3.8) is 0 Å². The van der Waals surface area contributed by atoms with E-state index in [4.69, 9.17) is 4.42 Å². The summed E-state index contributed by atoms with van der Waals surface area (Å²) in [6.45, 7) is 0. The topological polar surface area (TPSA) is 91.3 Å². The Morgan fingerprint density at radius 3 is 2.32 bits per heavy atom. The molecule has 0 saturated carbocycles. The van der Waals surface area contributed by atoms with Gasteiger partial charge in [-0.25, -0.2) is 8.42 Å². The Labute approximate surface area is 160 Å². The fourth-order valence-electron chi connectivity index (χ4n) is 3.06. The number of aromatic nitrogens is 1. The maximum atomic E-state index is 13.2. The van der Waals surface area contributed by atoms with Gasteiger partial charge in [-0.1, -0.05) is 12.1 Å². The average molecular weight is 393 g/mol. The number of fused-ring (bicyclic) bond motifs is 1. The number of nitrogens with zero attached hydrogens (tertiary/aromatic N) is 1. The highest BCUT2D eigenvalue weighted by molar-refractivity contribution is 7.90. The van der Waals surface area contributed by atoms with Gasteiger partial charge in [-0.3, -0.25) is 4.79 Å². The third kappa shape index (κ3) is 3.16. The minimum absolute atomic E-state index is 0.165. The molecule has 0 aliphatic rings. The van der Waals surface area contributed by atoms with Gasteiger partial charge in [-0.05, 0) is 42.5 Å². The first kappa shape index (κ1) is 17.9. The smallest absolute Gasteiger partial charge is 0.201 e. The standard InChI is InChI=1S/C21H15NO5S/c1-28(25,26)16-10-8-14(9-11-16)21-19(15-5-4-12-22(24)13-15)20(23)17-6-2-3-7-18(17)27-21/h2-13H,1H3. The fourth-order valence-corrected chi connectivity index (χ4v) is 3.69. The third-order valence-electron chi connectivity index (χ3n) is 4.41. The largest absolute Gasteiger partial charge is 0.619 e. The van der Waals surface area contributed by atoms with E-state index >= 15 is 0 Å². The highest BCUT2D eigenvalue weighted by atomic mass is 32.2. The number of hydrogen-bond donors (Lipinski definition) is 0. The predicted octanol–water partition coefficient (Wildman–Crippen LogP) is 3.16. The van der Waals surface area contributed by atoms with Crippen LogP contribution in [0.25, 0.3) is 33.4 Å². The van der Waals surface area contributed by atoms with Crippen LogP contribution in [-0.4, -0.2) is 14.7 Å². The lowest BCUT2D eigenvalue weighted by atomic mass is 9.99. The summed E-state index contributed by atoms with van der Waals surface area (Å²) < 4.78 is 30.1. The minimum Gasteiger partial charge on any atom is -0.619 e. The van der Waals surface area contributed by atoms with Crippen molar-refractivity contribution in [3.8, 4) is 22.5 Å². The van der Waals surface area contributed by atoms with Crippen LogP contribution in [0.4, 0.5) is 0 Å². The van der Waals surface area contributed by atoms with Gasteiger partial charge in [0.05, 0.1) is 21.4 Å². The third-order valence-corrected chi connectivity index (χ3v) is 5.53. The zero-order chi connectivity index (χ0) is 19.9. The number of pyridine rings is 1. The molecule has 28 heavy (non-hydrogen) atoms. The van der Waals surface area contributed by atoms with E-state index in [1.165, 1.54) is 24.5 Å². The lowest BCUT2D eigenvalue weighted by Gasteiger charge is -2.10. The number of hydrogen-bond acceptors (Lipinski definition) is 5. The maximum Gasteiger partial charge on any atom is 0.201 e. The van der Waals surface area contributed by atoms with Gasteiger partial charge in [0.25, 0.3) is 0 Å². The molecule has 0 N–H and O–H groups in total. The molecule has 7 heteroatoms. The van der Waals surface area contributed by atoms with Crippen molar-refractivity contribution in [2.75, 3.05) is 6.26 Å². The van der Waals surface area contributed by atoms with E-state index in [1.807, 2.05) is 0 Å². The van der Waals surface area contributed by atoms with Crippen LogP contribution in [0.3, 0.4) is 0 Å². The quantitative estimate of drug-likeness (QED) is 0.394. The molecule has 0 atom stereocenters. The SMILES string of the molecule is CS(=O)(=O)c1ccc(-c2oc3ccccc3c(=O)c2-c2ccc[n+]([O-])c2)cc1. The Kier molecular flexibility index (Phi) is 4.24. The van der Waals surface area contributed by atoms with Crippen LogP contribution in [0.1, 0.15) is 0 Å². The molecule has 4 rings (SSSR count). The number of sulfone groups is 1. The first-order chi connectivity index (χ1) is 13.3. The predicted molar refractivity (Wildman–Crippen MR) is 105 cm³/mol. The van der Waals surface area contributed by atoms with Gasteiger partial charge in [0.2, 0.25) is 5.43 Å². The number of rotatable bonds is 3. The number of benzene rings is 2. The van der Waals surface area contributed by atoms with E-state index in [0.29, 0.717) is 26.8 Å². The molecule has 0 aliphatic heterocycles. The lowest BCUT2D eigenvalue weighted by Crippen LogP contribution is -2.24. The summed E-state index contributed by atoms with van der Waals surface area (Å²) >= 11 is 0. The van der Waals surface area contributed by atoms with Crippen molar-refractivity contribution in [1.29, 1.82) is 0 Å². The zero-order valence-electron chi connectivity index (χ0n) is 14.8. The van der Waals surface area contributed by atoms with Crippen LogP contribution < -0.4 is 10.2 Å². The van der Waals surface area contributed by atoms with Gasteiger partial charge in [0.1, 0.15) is 11.3 Å². The molecule has 0 amide bonds. The monoisotopic (exact) mass is 393 g/mol. The second kappa shape index (κ2) is 6.61. The summed E-state index contributed by atoms with van der Waals surface area (Å²) in [4.78, 5) is 13.4. The van der Waals surface area contributed by atoms with E-state index in [1.54, 1.807) is 48.5 Å². The Bertz CT molecular complexity index is 1360. The molecule has 2 aromatic heterocycles. The van der Waals surface area contributed by atoms with E-state index in [0.717, 1.165) is 6.26 Å². The molecule has 0 fully saturated rings. The molecule has 2 heterocycles. The second-order valence-corrected chi connectivity index (χ2v) is 8.40. The molecule has 0 aliphatic carbocycles. The van der Waals surface area contributed by atoms with E-state index in [9.17, 15) is 18.4 Å². The Balaban J connectivity index is 2.04. The summed E-state index contributed by atoms with van der Waals surface area (Å²) in [7, 11) is -3.35. The molecule has 6 nitrogen and oxygen atoms in total. The van der Waals surface area contributed by atoms with E-state index < -0.39 is 9.84 Å². The second-order valence-electron chi connectivity index (χ2n) is 6.38. The molecule has 140 valence electrons. The summed E-state index contributed by atoms with van der Waals surface area (Å²) in [6.07, 6.45) is 3.75. The Morgan fingerprint density at radius 2 is 1.64 bits per heavy atom. The summed E-state index contributed by atoms with van der Waals surface area (Å²) in [5.74, 6) is 0.273. The van der Waals surface area contributed by atoms with Crippen LogP contribution in [0.5, 0.6) is 0 Å². The van der Waals surface area contributed by atoms with Crippen LogP contribution in [0.2, 0.25) is 0 Å². The van der Waals surface area contributed by atoms with Crippen molar-refractivity contribution in [1.82, 2.24) is 0 Å². The van der Waals surface area contributed by atoms with Gasteiger partial charge in [-0.2, -0.15) is 4.73 Å². The zero-order valence-corrected chi connectivity index (χ0v) is 15.6. The summed E-state index contributed by atoms with van der Waals surface area (Å²) in [5, 5.41) is 12.2. The summed E-state index contributed by atoms with van der Waals surface area (Å²) in [5.41, 5.74) is 1.33. The molecule has 0 saturated heterocycles. The molecule has 0 radical (unpaired) electrons. The Morgan fingerprint density at radius 1 is 0.929 bits per heavy atom. The van der Waals surface area contributed by atoms with Crippen molar-refractivity contribution in [2.45, 2.75) is 4.90 Å². The van der Waals surface area contributed by atoms with Crippen LogP contribution in [-0.2, 0) is 9.84 Å². The molecule has 0 bridgehead atoms. The highest BCUT2D eigenvalue weighted by Crippen LogP contribution is 2.32. The van der Waals surface area contributed by atoms with Gasteiger partial charge in [-0.15, -0.1) is 0 Å². The number of para-hydroxylation sites is 1. The Hall–Kier alpha value is -3.45. The molecule has 4 aromatic rings. The average Bonchev–Trinajstić information content (AvgIpc) is 2.67.